The second-order valence-electron chi connectivity index (χ2n) is 3.51. The van der Waals surface area contributed by atoms with Gasteiger partial charge in [-0.15, -0.1) is 0 Å². The van der Waals surface area contributed by atoms with Crippen molar-refractivity contribution in [1.82, 2.24) is 9.97 Å². The minimum atomic E-state index is -0.583. The summed E-state index contributed by atoms with van der Waals surface area (Å²) in [4.78, 5) is 19.1. The van der Waals surface area contributed by atoms with Crippen LogP contribution in [0, 0.1) is 0 Å². The van der Waals surface area contributed by atoms with Crippen LogP contribution in [0.2, 0.25) is 5.15 Å². The lowest BCUT2D eigenvalue weighted by Crippen LogP contribution is -2.26. The van der Waals surface area contributed by atoms with Crippen molar-refractivity contribution in [3.05, 3.63) is 17.0 Å². The quantitative estimate of drug-likeness (QED) is 0.598. The molecule has 0 saturated heterocycles. The number of rotatable bonds is 3. The van der Waals surface area contributed by atoms with Crippen LogP contribution in [0.4, 0.5) is 0 Å². The Hall–Kier alpha value is -1.36. The monoisotopic (exact) mass is 242 g/mol. The van der Waals surface area contributed by atoms with Gasteiger partial charge in [-0.2, -0.15) is 0 Å². The van der Waals surface area contributed by atoms with Gasteiger partial charge < -0.3 is 9.47 Å². The third-order valence-electron chi connectivity index (χ3n) is 2.49. The second-order valence-corrected chi connectivity index (χ2v) is 3.86. The molecule has 0 aliphatic heterocycles. The summed E-state index contributed by atoms with van der Waals surface area (Å²) in [6.45, 7) is 0. The first-order valence-corrected chi connectivity index (χ1v) is 5.35. The summed E-state index contributed by atoms with van der Waals surface area (Å²) < 4.78 is 10.2. The number of hydrogen-bond acceptors (Lipinski definition) is 5. The van der Waals surface area contributed by atoms with E-state index in [0.29, 0.717) is 0 Å². The smallest absolute Gasteiger partial charge is 0.346 e. The fourth-order valence-electron chi connectivity index (χ4n) is 1.36. The fourth-order valence-corrected chi connectivity index (χ4v) is 1.56. The van der Waals surface area contributed by atoms with Crippen LogP contribution in [-0.2, 0) is 4.74 Å². The Labute approximate surface area is 97.7 Å². The van der Waals surface area contributed by atoms with E-state index >= 15 is 0 Å². The first-order valence-electron chi connectivity index (χ1n) is 4.98. The van der Waals surface area contributed by atoms with Crippen molar-refractivity contribution < 1.29 is 14.3 Å². The summed E-state index contributed by atoms with van der Waals surface area (Å²) in [6.07, 6.45) is 4.47. The van der Waals surface area contributed by atoms with Crippen molar-refractivity contribution in [2.24, 2.45) is 0 Å². The topological polar surface area (TPSA) is 61.3 Å². The molecule has 1 fully saturated rings. The zero-order chi connectivity index (χ0) is 11.5. The second kappa shape index (κ2) is 4.65. The molecule has 0 bridgehead atoms. The van der Waals surface area contributed by atoms with Crippen LogP contribution in [0.1, 0.15) is 29.6 Å². The highest BCUT2D eigenvalue weighted by atomic mass is 35.5. The summed E-state index contributed by atoms with van der Waals surface area (Å²) in [7, 11) is 1.28. The van der Waals surface area contributed by atoms with E-state index in [-0.39, 0.29) is 22.7 Å². The number of aromatic nitrogens is 2. The van der Waals surface area contributed by atoms with Crippen LogP contribution in [0.3, 0.4) is 0 Å². The summed E-state index contributed by atoms with van der Waals surface area (Å²) >= 11 is 5.82. The lowest BCUT2D eigenvalue weighted by Gasteiger charge is -2.26. The van der Waals surface area contributed by atoms with Gasteiger partial charge in [0.05, 0.1) is 7.11 Å². The minimum absolute atomic E-state index is 0.0520. The maximum absolute atomic E-state index is 11.5. The van der Waals surface area contributed by atoms with Crippen LogP contribution in [0.25, 0.3) is 0 Å². The van der Waals surface area contributed by atoms with Gasteiger partial charge in [0.15, 0.2) is 10.7 Å². The van der Waals surface area contributed by atoms with E-state index in [1.54, 1.807) is 0 Å². The molecule has 6 heteroatoms. The molecule has 0 aromatic carbocycles. The maximum Gasteiger partial charge on any atom is 0.346 e. The lowest BCUT2D eigenvalue weighted by atomic mass is 9.96. The molecule has 1 aromatic heterocycles. The Morgan fingerprint density at radius 2 is 2.25 bits per heavy atom. The zero-order valence-corrected chi connectivity index (χ0v) is 9.53. The number of carbonyl (C=O) groups excluding carboxylic acids is 1. The van der Waals surface area contributed by atoms with E-state index in [0.717, 1.165) is 19.3 Å². The third kappa shape index (κ3) is 2.09. The Kier molecular flexibility index (Phi) is 3.24. The van der Waals surface area contributed by atoms with Gasteiger partial charge in [0, 0.05) is 0 Å². The Morgan fingerprint density at radius 3 is 2.81 bits per heavy atom. The number of nitrogens with zero attached hydrogens (tertiary/aromatic N) is 2. The molecule has 1 aliphatic carbocycles. The molecule has 1 aliphatic rings. The molecule has 5 nitrogen and oxygen atoms in total. The van der Waals surface area contributed by atoms with Gasteiger partial charge in [0.2, 0.25) is 5.88 Å². The van der Waals surface area contributed by atoms with Gasteiger partial charge >= 0.3 is 5.97 Å². The first-order chi connectivity index (χ1) is 7.72. The maximum atomic E-state index is 11.5. The molecule has 2 rings (SSSR count). The summed E-state index contributed by atoms with van der Waals surface area (Å²) in [6, 6.07) is 0. The highest BCUT2D eigenvalue weighted by Gasteiger charge is 2.25. The van der Waals surface area contributed by atoms with Crippen LogP contribution >= 0.6 is 11.6 Å². The van der Waals surface area contributed by atoms with Gasteiger partial charge in [0.1, 0.15) is 12.4 Å². The van der Waals surface area contributed by atoms with E-state index in [1.165, 1.54) is 13.4 Å². The molecule has 0 amide bonds. The van der Waals surface area contributed by atoms with Gasteiger partial charge in [-0.25, -0.2) is 14.8 Å². The summed E-state index contributed by atoms with van der Waals surface area (Å²) in [5.41, 5.74) is 0.0959. The van der Waals surface area contributed by atoms with Gasteiger partial charge in [0.25, 0.3) is 0 Å². The molecule has 0 spiro atoms. The largest absolute Gasteiger partial charge is 0.474 e. The third-order valence-corrected chi connectivity index (χ3v) is 2.77. The molecule has 1 saturated carbocycles. The van der Waals surface area contributed by atoms with E-state index in [2.05, 4.69) is 14.7 Å². The molecule has 86 valence electrons. The Balaban J connectivity index is 2.27. The summed E-state index contributed by atoms with van der Waals surface area (Å²) in [5, 5.41) is 0.0520. The molecule has 16 heavy (non-hydrogen) atoms. The van der Waals surface area contributed by atoms with Crippen molar-refractivity contribution in [3.8, 4) is 5.88 Å². The van der Waals surface area contributed by atoms with Gasteiger partial charge in [-0.3, -0.25) is 0 Å². The number of methoxy groups -OCH3 is 1. The van der Waals surface area contributed by atoms with Crippen molar-refractivity contribution >= 4 is 17.6 Å². The number of carbonyl (C=O) groups is 1. The van der Waals surface area contributed by atoms with Crippen LogP contribution in [0.5, 0.6) is 5.88 Å². The lowest BCUT2D eigenvalue weighted by molar-refractivity contribution is 0.0581. The highest BCUT2D eigenvalue weighted by molar-refractivity contribution is 6.32. The van der Waals surface area contributed by atoms with Crippen molar-refractivity contribution in [3.63, 3.8) is 0 Å². The number of halogens is 1. The fraction of sp³-hybridized carbons (Fsp3) is 0.500. The molecular formula is C10H11ClN2O3. The average Bonchev–Trinajstić information content (AvgIpc) is 2.22. The van der Waals surface area contributed by atoms with Gasteiger partial charge in [-0.05, 0) is 19.3 Å². The van der Waals surface area contributed by atoms with Gasteiger partial charge in [-0.1, -0.05) is 11.6 Å². The molecule has 1 heterocycles. The molecule has 0 unspecified atom stereocenters. The van der Waals surface area contributed by atoms with E-state index in [1.807, 2.05) is 0 Å². The average molecular weight is 243 g/mol. The van der Waals surface area contributed by atoms with E-state index < -0.39 is 5.97 Å². The number of ether oxygens (including phenoxy) is 2. The Bertz CT molecular complexity index is 407. The predicted octanol–water partition coefficient (Wildman–Crippen LogP) is 1.85. The van der Waals surface area contributed by atoms with Crippen LogP contribution in [-0.4, -0.2) is 29.2 Å². The normalized spacial score (nSPS) is 15.4. The Morgan fingerprint density at radius 1 is 1.50 bits per heavy atom. The standard InChI is InChI=1S/C10H11ClN2O3/c1-15-10(14)7-8(11)12-5-13-9(7)16-6-3-2-4-6/h5-6H,2-4H2,1H3. The number of hydrogen-bond donors (Lipinski definition) is 0. The minimum Gasteiger partial charge on any atom is -0.474 e. The van der Waals surface area contributed by atoms with Crippen LogP contribution in [0.15, 0.2) is 6.33 Å². The molecule has 0 N–H and O–H groups in total. The predicted molar refractivity (Wildman–Crippen MR) is 56.6 cm³/mol. The summed E-state index contributed by atoms with van der Waals surface area (Å²) in [5.74, 6) is -0.378. The van der Waals surface area contributed by atoms with Crippen LogP contribution < -0.4 is 4.74 Å². The van der Waals surface area contributed by atoms with Crippen molar-refractivity contribution in [2.75, 3.05) is 7.11 Å². The van der Waals surface area contributed by atoms with Crippen molar-refractivity contribution in [1.29, 1.82) is 0 Å². The molecule has 1 aromatic rings. The highest BCUT2D eigenvalue weighted by Crippen LogP contribution is 2.28. The van der Waals surface area contributed by atoms with Crippen molar-refractivity contribution in [2.45, 2.75) is 25.4 Å². The van der Waals surface area contributed by atoms with E-state index in [4.69, 9.17) is 16.3 Å². The molecule has 0 radical (unpaired) electrons. The zero-order valence-electron chi connectivity index (χ0n) is 8.77. The SMILES string of the molecule is COC(=O)c1c(Cl)ncnc1OC1CCC1. The number of esters is 1. The first kappa shape index (κ1) is 11.1. The van der Waals surface area contributed by atoms with E-state index in [9.17, 15) is 4.79 Å². The molecular weight excluding hydrogens is 232 g/mol. The molecule has 0 atom stereocenters.